The third-order valence-electron chi connectivity index (χ3n) is 8.40. The Hall–Kier alpha value is -6.06. The first kappa shape index (κ1) is 46.3. The van der Waals surface area contributed by atoms with E-state index in [0.29, 0.717) is 0 Å². The summed E-state index contributed by atoms with van der Waals surface area (Å²) in [4.78, 5) is 104. The van der Waals surface area contributed by atoms with Crippen LogP contribution >= 0.6 is 23.2 Å². The van der Waals surface area contributed by atoms with Crippen LogP contribution in [0.2, 0.25) is 0 Å². The van der Waals surface area contributed by atoms with Crippen molar-refractivity contribution in [1.29, 1.82) is 0 Å². The van der Waals surface area contributed by atoms with E-state index in [9.17, 15) is 38.4 Å². The Morgan fingerprint density at radius 3 is 0.897 bits per heavy atom. The van der Waals surface area contributed by atoms with Crippen LogP contribution in [-0.2, 0) is 19.2 Å². The first-order chi connectivity index (χ1) is 26.7. The highest BCUT2D eigenvalue weighted by molar-refractivity contribution is 6.35. The Morgan fingerprint density at radius 2 is 0.672 bits per heavy atom. The van der Waals surface area contributed by atoms with Gasteiger partial charge in [0.15, 0.2) is 23.1 Å². The zero-order valence-corrected chi connectivity index (χ0v) is 32.2. The summed E-state index contributed by atoms with van der Waals surface area (Å²) in [6, 6.07) is 18.8. The van der Waals surface area contributed by atoms with E-state index in [2.05, 4.69) is 21.3 Å². The van der Waals surface area contributed by atoms with Gasteiger partial charge in [-0.1, -0.05) is 63.4 Å². The Labute approximate surface area is 346 Å². The van der Waals surface area contributed by atoms with Crippen LogP contribution in [0.3, 0.4) is 0 Å². The number of amides is 4. The number of carbonyl (C=O) groups is 8. The van der Waals surface area contributed by atoms with Gasteiger partial charge in [0.1, 0.15) is 11.8 Å². The molecule has 4 aromatic rings. The van der Waals surface area contributed by atoms with Gasteiger partial charge in [0.2, 0.25) is 23.6 Å². The van der Waals surface area contributed by atoms with Gasteiger partial charge in [-0.05, 0) is 52.5 Å². The van der Waals surface area contributed by atoms with Gasteiger partial charge < -0.3 is 31.1 Å². The molecule has 0 saturated heterocycles. The molecule has 0 aromatic heterocycles. The Morgan fingerprint density at radius 1 is 0.431 bits per heavy atom. The molecule has 0 heterocycles. The highest BCUT2D eigenvalue weighted by Gasteiger charge is 2.35. The summed E-state index contributed by atoms with van der Waals surface area (Å²) in [5.74, 6) is -3.79. The lowest BCUT2D eigenvalue weighted by Crippen LogP contribution is -2.30. The topological polar surface area (TPSA) is 191 Å². The first-order valence-corrected chi connectivity index (χ1v) is 18.0. The van der Waals surface area contributed by atoms with Gasteiger partial charge in [-0.25, -0.2) is 0 Å². The molecule has 6 rings (SSSR count). The molecule has 58 heavy (non-hydrogen) atoms. The smallest absolute Gasteiger partial charge is 0.239 e. The summed E-state index contributed by atoms with van der Waals surface area (Å²) < 4.78 is 0. The maximum Gasteiger partial charge on any atom is 0.239 e. The summed E-state index contributed by atoms with van der Waals surface area (Å²) in [7, 11) is 7.03. The largest absolute Gasteiger partial charge is 0.324 e. The van der Waals surface area contributed by atoms with Gasteiger partial charge in [-0.15, -0.1) is 23.2 Å². The van der Waals surface area contributed by atoms with Crippen molar-refractivity contribution in [1.82, 2.24) is 9.80 Å². The molecule has 0 fully saturated rings. The highest BCUT2D eigenvalue weighted by Crippen LogP contribution is 2.37. The minimum Gasteiger partial charge on any atom is -0.324 e. The number of anilines is 4. The standard InChI is InChI=1S/C22H24N4O4.C18H12Cl2N2O4.2CH4/c1-25(2)11-17(27)23-15-9-5-7-13-19(15)22(30)20-14(21(13)29)8-6-10-16(20)24-18(28)12-26(3)4;19-7-13(23)21-11-5-1-3-9-15(11)18(26)16-10(17(9)25)4-2-6-12(16)22-14(24)8-20;;/h5-10H,11-12H2,1-4H3,(H,23,27)(H,24,28);1-6H,7-8H2,(H,21,23)(H,22,24);2*1H4. The molecule has 0 bridgehead atoms. The number of nitrogens with one attached hydrogen (secondary N) is 4. The lowest BCUT2D eigenvalue weighted by atomic mass is 9.82. The van der Waals surface area contributed by atoms with Crippen LogP contribution in [0.25, 0.3) is 0 Å². The molecule has 0 aliphatic heterocycles. The first-order valence-electron chi connectivity index (χ1n) is 17.0. The van der Waals surface area contributed by atoms with Gasteiger partial charge in [0.05, 0.1) is 58.1 Å². The molecule has 0 unspecified atom stereocenters. The van der Waals surface area contributed by atoms with Crippen molar-refractivity contribution >= 4 is 92.7 Å². The molecule has 4 N–H and O–H groups in total. The molecule has 0 saturated carbocycles. The summed E-state index contributed by atoms with van der Waals surface area (Å²) >= 11 is 11.0. The number of fused-ring (bicyclic) bond motifs is 4. The minimum atomic E-state index is -0.505. The van der Waals surface area contributed by atoms with E-state index in [1.807, 2.05) is 0 Å². The number of benzene rings is 4. The number of hydrogen-bond donors (Lipinski definition) is 4. The second-order valence-corrected chi connectivity index (χ2v) is 13.7. The third-order valence-corrected chi connectivity index (χ3v) is 8.89. The van der Waals surface area contributed by atoms with Crippen molar-refractivity contribution < 1.29 is 38.4 Å². The number of nitrogens with zero attached hydrogens (tertiary/aromatic N) is 2. The highest BCUT2D eigenvalue weighted by atomic mass is 35.5. The van der Waals surface area contributed by atoms with E-state index in [1.165, 1.54) is 24.3 Å². The maximum atomic E-state index is 13.4. The molecular formula is C42H44Cl2N6O8. The fourth-order valence-corrected chi connectivity index (χ4v) is 6.36. The Kier molecular flexibility index (Phi) is 15.9. The average molecular weight is 832 g/mol. The van der Waals surface area contributed by atoms with Crippen molar-refractivity contribution in [3.63, 3.8) is 0 Å². The van der Waals surface area contributed by atoms with Crippen molar-refractivity contribution in [2.75, 3.05) is 74.3 Å². The Bertz CT molecular complexity index is 2170. The monoisotopic (exact) mass is 830 g/mol. The number of ketones is 4. The van der Waals surface area contributed by atoms with E-state index >= 15 is 0 Å². The normalized spacial score (nSPS) is 12.0. The molecule has 2 aliphatic rings. The fourth-order valence-electron chi connectivity index (χ4n) is 6.22. The van der Waals surface area contributed by atoms with Crippen LogP contribution in [0.5, 0.6) is 0 Å². The molecule has 16 heteroatoms. The quantitative estimate of drug-likeness (QED) is 0.127. The van der Waals surface area contributed by atoms with Crippen molar-refractivity contribution in [2.45, 2.75) is 14.9 Å². The predicted octanol–water partition coefficient (Wildman–Crippen LogP) is 5.55. The molecule has 304 valence electrons. The van der Waals surface area contributed by atoms with E-state index in [4.69, 9.17) is 23.2 Å². The Balaban J connectivity index is 0.000000303. The van der Waals surface area contributed by atoms with Crippen molar-refractivity contribution in [3.05, 3.63) is 117 Å². The van der Waals surface area contributed by atoms with E-state index < -0.39 is 23.4 Å². The van der Waals surface area contributed by atoms with Crippen LogP contribution in [0, 0.1) is 0 Å². The number of halogens is 2. The van der Waals surface area contributed by atoms with Gasteiger partial charge in [-0.2, -0.15) is 0 Å². The summed E-state index contributed by atoms with van der Waals surface area (Å²) in [6.45, 7) is 0.266. The number of hydrogen-bond acceptors (Lipinski definition) is 10. The summed E-state index contributed by atoms with van der Waals surface area (Å²) in [5, 5.41) is 10.5. The van der Waals surface area contributed by atoms with E-state index in [-0.39, 0.29) is 130 Å². The van der Waals surface area contributed by atoms with Crippen LogP contribution in [-0.4, -0.2) is 110 Å². The SMILES string of the molecule is C.C.CN(C)CC(=O)Nc1cccc2c1C(=O)c1c(NC(=O)CN(C)C)cccc1C2=O.O=C(CCl)Nc1cccc2c1C(=O)c1c(NC(=O)CCl)cccc1C2=O. The van der Waals surface area contributed by atoms with Gasteiger partial charge in [0.25, 0.3) is 0 Å². The van der Waals surface area contributed by atoms with E-state index in [0.717, 1.165) is 0 Å². The number of likely N-dealkylation sites (N-methyl/N-ethyl adjacent to an activating group) is 2. The zero-order valence-electron chi connectivity index (χ0n) is 30.7. The van der Waals surface area contributed by atoms with Gasteiger partial charge in [0, 0.05) is 22.3 Å². The molecule has 0 radical (unpaired) electrons. The molecule has 4 aromatic carbocycles. The number of alkyl halides is 2. The average Bonchev–Trinajstić information content (AvgIpc) is 3.15. The van der Waals surface area contributed by atoms with E-state index in [1.54, 1.807) is 86.5 Å². The molecule has 2 aliphatic carbocycles. The lowest BCUT2D eigenvalue weighted by molar-refractivity contribution is -0.117. The molecule has 4 amide bonds. The van der Waals surface area contributed by atoms with Crippen molar-refractivity contribution in [3.8, 4) is 0 Å². The summed E-state index contributed by atoms with van der Waals surface area (Å²) in [6.07, 6.45) is 0. The second kappa shape index (κ2) is 19.9. The van der Waals surface area contributed by atoms with Crippen LogP contribution in [0.15, 0.2) is 72.8 Å². The predicted molar refractivity (Wildman–Crippen MR) is 226 cm³/mol. The molecule has 0 spiro atoms. The zero-order chi connectivity index (χ0) is 40.8. The lowest BCUT2D eigenvalue weighted by Gasteiger charge is -2.23. The second-order valence-electron chi connectivity index (χ2n) is 13.2. The molecule has 14 nitrogen and oxygen atoms in total. The molecule has 0 atom stereocenters. The van der Waals surface area contributed by atoms with Crippen LogP contribution in [0.1, 0.15) is 78.5 Å². The summed E-state index contributed by atoms with van der Waals surface area (Å²) in [5.41, 5.74) is 2.15. The third kappa shape index (κ3) is 9.90. The van der Waals surface area contributed by atoms with Crippen molar-refractivity contribution in [2.24, 2.45) is 0 Å². The maximum absolute atomic E-state index is 13.4. The minimum absolute atomic E-state index is 0. The molecular weight excluding hydrogens is 787 g/mol. The van der Waals surface area contributed by atoms with Gasteiger partial charge >= 0.3 is 0 Å². The van der Waals surface area contributed by atoms with Gasteiger partial charge in [-0.3, -0.25) is 38.4 Å². The number of carbonyl (C=O) groups excluding carboxylic acids is 8. The number of rotatable bonds is 10. The van der Waals surface area contributed by atoms with Crippen LogP contribution in [0.4, 0.5) is 22.7 Å². The fraction of sp³-hybridized carbons (Fsp3) is 0.238. The van der Waals surface area contributed by atoms with Crippen LogP contribution < -0.4 is 21.3 Å².